The lowest BCUT2D eigenvalue weighted by atomic mass is 10.2. The van der Waals surface area contributed by atoms with Crippen molar-refractivity contribution in [1.82, 2.24) is 0 Å². The van der Waals surface area contributed by atoms with Crippen LogP contribution in [-0.4, -0.2) is 23.3 Å². The Morgan fingerprint density at radius 3 is 2.33 bits per heavy atom. The Bertz CT molecular complexity index is 840. The van der Waals surface area contributed by atoms with Gasteiger partial charge in [0, 0.05) is 43.4 Å². The molecule has 2 aromatic carbocycles. The van der Waals surface area contributed by atoms with Gasteiger partial charge in [-0.15, -0.1) is 0 Å². The van der Waals surface area contributed by atoms with Crippen molar-refractivity contribution in [2.24, 2.45) is 0 Å². The number of nitrogens with one attached hydrogen (secondary N) is 3. The van der Waals surface area contributed by atoms with Crippen LogP contribution < -0.4 is 16.0 Å². The monoisotopic (exact) mass is 390 g/mol. The van der Waals surface area contributed by atoms with Crippen molar-refractivity contribution in [2.75, 3.05) is 22.5 Å². The minimum Gasteiger partial charge on any atom is -0.385 e. The Hall–Kier alpha value is -3.13. The third-order valence-electron chi connectivity index (χ3n) is 3.55. The number of rotatable bonds is 8. The molecule has 0 saturated heterocycles. The fraction of sp³-hybridized carbons (Fsp3) is 0.222. The van der Waals surface area contributed by atoms with Crippen molar-refractivity contribution in [3.8, 4) is 0 Å². The number of carbonyl (C=O) groups excluding carboxylic acids is 2. The number of nitro benzene ring substituents is 1. The van der Waals surface area contributed by atoms with E-state index in [-0.39, 0.29) is 17.5 Å². The second kappa shape index (κ2) is 9.54. The van der Waals surface area contributed by atoms with Crippen LogP contribution in [0.25, 0.3) is 0 Å². The van der Waals surface area contributed by atoms with Gasteiger partial charge >= 0.3 is 0 Å². The number of benzene rings is 2. The van der Waals surface area contributed by atoms with Gasteiger partial charge in [0.2, 0.25) is 11.8 Å². The third-order valence-corrected chi connectivity index (χ3v) is 3.86. The standard InChI is InChI=1S/C18H19ClN4O4/c1-12(24)21-17-9-6-14(11-16(17)19)22-18(25)3-2-10-20-13-4-7-15(8-5-13)23(26)27/h4-9,11,20H,2-3,10H2,1H3,(H,21,24)(H,22,25). The molecule has 0 aromatic heterocycles. The molecule has 27 heavy (non-hydrogen) atoms. The lowest BCUT2D eigenvalue weighted by Crippen LogP contribution is -2.13. The maximum atomic E-state index is 12.0. The van der Waals surface area contributed by atoms with Crippen molar-refractivity contribution in [3.63, 3.8) is 0 Å². The molecule has 2 rings (SSSR count). The van der Waals surface area contributed by atoms with Crippen LogP contribution >= 0.6 is 11.6 Å². The summed E-state index contributed by atoms with van der Waals surface area (Å²) < 4.78 is 0. The highest BCUT2D eigenvalue weighted by molar-refractivity contribution is 6.34. The summed E-state index contributed by atoms with van der Waals surface area (Å²) in [5.41, 5.74) is 1.81. The number of non-ortho nitro benzene ring substituents is 1. The summed E-state index contributed by atoms with van der Waals surface area (Å²) >= 11 is 6.06. The van der Waals surface area contributed by atoms with E-state index >= 15 is 0 Å². The predicted octanol–water partition coefficient (Wildman–Crippen LogP) is 4.04. The fourth-order valence-corrected chi connectivity index (χ4v) is 2.52. The Morgan fingerprint density at radius 2 is 1.74 bits per heavy atom. The summed E-state index contributed by atoms with van der Waals surface area (Å²) in [6.45, 7) is 1.93. The highest BCUT2D eigenvalue weighted by atomic mass is 35.5. The van der Waals surface area contributed by atoms with E-state index in [4.69, 9.17) is 11.6 Å². The number of carbonyl (C=O) groups is 2. The van der Waals surface area contributed by atoms with Gasteiger partial charge in [0.05, 0.1) is 15.6 Å². The molecule has 0 fully saturated rings. The number of halogens is 1. The molecule has 0 aliphatic carbocycles. The van der Waals surface area contributed by atoms with Crippen LogP contribution in [-0.2, 0) is 9.59 Å². The van der Waals surface area contributed by atoms with Crippen molar-refractivity contribution >= 4 is 46.2 Å². The molecule has 2 amide bonds. The molecule has 0 spiro atoms. The zero-order chi connectivity index (χ0) is 19.8. The largest absolute Gasteiger partial charge is 0.385 e. The molecule has 0 aliphatic heterocycles. The molecule has 0 saturated carbocycles. The highest BCUT2D eigenvalue weighted by Gasteiger charge is 2.07. The number of hydrogen-bond acceptors (Lipinski definition) is 5. The quantitative estimate of drug-likeness (QED) is 0.357. The Kier molecular flexibility index (Phi) is 7.13. The number of hydrogen-bond donors (Lipinski definition) is 3. The minimum atomic E-state index is -0.455. The normalized spacial score (nSPS) is 10.1. The topological polar surface area (TPSA) is 113 Å². The molecular weight excluding hydrogens is 372 g/mol. The van der Waals surface area contributed by atoms with Gasteiger partial charge in [-0.25, -0.2) is 0 Å². The molecule has 0 unspecified atom stereocenters. The summed E-state index contributed by atoms with van der Waals surface area (Å²) in [6.07, 6.45) is 0.881. The van der Waals surface area contributed by atoms with E-state index in [1.165, 1.54) is 19.1 Å². The van der Waals surface area contributed by atoms with E-state index < -0.39 is 4.92 Å². The average Bonchev–Trinajstić information content (AvgIpc) is 2.61. The average molecular weight is 391 g/mol. The molecule has 3 N–H and O–H groups in total. The van der Waals surface area contributed by atoms with Crippen LogP contribution in [0.15, 0.2) is 42.5 Å². The molecule has 2 aromatic rings. The molecule has 0 atom stereocenters. The van der Waals surface area contributed by atoms with Gasteiger partial charge in [0.25, 0.3) is 5.69 Å². The molecule has 8 nitrogen and oxygen atoms in total. The maximum absolute atomic E-state index is 12.0. The zero-order valence-electron chi connectivity index (χ0n) is 14.6. The number of nitrogens with zero attached hydrogens (tertiary/aromatic N) is 1. The minimum absolute atomic E-state index is 0.0307. The van der Waals surface area contributed by atoms with E-state index in [1.54, 1.807) is 30.3 Å². The van der Waals surface area contributed by atoms with Crippen molar-refractivity contribution in [2.45, 2.75) is 19.8 Å². The molecule has 0 bridgehead atoms. The first-order valence-corrected chi connectivity index (χ1v) is 8.58. The van der Waals surface area contributed by atoms with Gasteiger partial charge in [0.1, 0.15) is 0 Å². The second-order valence-corrected chi connectivity index (χ2v) is 6.17. The van der Waals surface area contributed by atoms with Crippen molar-refractivity contribution < 1.29 is 14.5 Å². The van der Waals surface area contributed by atoms with Crippen LogP contribution in [0.2, 0.25) is 5.02 Å². The van der Waals surface area contributed by atoms with Gasteiger partial charge in [-0.1, -0.05) is 11.6 Å². The first-order valence-electron chi connectivity index (χ1n) is 8.20. The van der Waals surface area contributed by atoms with E-state index in [0.29, 0.717) is 35.8 Å². The van der Waals surface area contributed by atoms with Crippen molar-refractivity contribution in [1.29, 1.82) is 0 Å². The number of nitro groups is 1. The Balaban J connectivity index is 1.75. The summed E-state index contributed by atoms with van der Waals surface area (Å²) in [7, 11) is 0. The number of amides is 2. The highest BCUT2D eigenvalue weighted by Crippen LogP contribution is 2.25. The van der Waals surface area contributed by atoms with Gasteiger partial charge in [-0.05, 0) is 36.8 Å². The van der Waals surface area contributed by atoms with E-state index in [9.17, 15) is 19.7 Å². The van der Waals surface area contributed by atoms with Gasteiger partial charge < -0.3 is 16.0 Å². The van der Waals surface area contributed by atoms with Crippen LogP contribution in [0.3, 0.4) is 0 Å². The van der Waals surface area contributed by atoms with Crippen LogP contribution in [0.5, 0.6) is 0 Å². The summed E-state index contributed by atoms with van der Waals surface area (Å²) in [5, 5.41) is 19.4. The van der Waals surface area contributed by atoms with E-state index in [1.807, 2.05) is 0 Å². The lowest BCUT2D eigenvalue weighted by molar-refractivity contribution is -0.384. The van der Waals surface area contributed by atoms with Crippen LogP contribution in [0.1, 0.15) is 19.8 Å². The molecule has 9 heteroatoms. The molecular formula is C18H19ClN4O4. The summed E-state index contributed by atoms with van der Waals surface area (Å²) in [6, 6.07) is 10.9. The van der Waals surface area contributed by atoms with E-state index in [0.717, 1.165) is 5.69 Å². The Morgan fingerprint density at radius 1 is 1.07 bits per heavy atom. The Labute approximate surface area is 161 Å². The molecule has 0 radical (unpaired) electrons. The van der Waals surface area contributed by atoms with Gasteiger partial charge in [-0.3, -0.25) is 19.7 Å². The van der Waals surface area contributed by atoms with Crippen LogP contribution in [0.4, 0.5) is 22.7 Å². The fourth-order valence-electron chi connectivity index (χ4n) is 2.29. The molecule has 0 aliphatic rings. The van der Waals surface area contributed by atoms with Gasteiger partial charge in [-0.2, -0.15) is 0 Å². The lowest BCUT2D eigenvalue weighted by Gasteiger charge is -2.09. The predicted molar refractivity (Wildman–Crippen MR) is 105 cm³/mol. The summed E-state index contributed by atoms with van der Waals surface area (Å²) in [4.78, 5) is 33.2. The first kappa shape index (κ1) is 20.2. The zero-order valence-corrected chi connectivity index (χ0v) is 15.4. The third kappa shape index (κ3) is 6.59. The molecule has 142 valence electrons. The smallest absolute Gasteiger partial charge is 0.269 e. The van der Waals surface area contributed by atoms with E-state index in [2.05, 4.69) is 16.0 Å². The van der Waals surface area contributed by atoms with Gasteiger partial charge in [0.15, 0.2) is 0 Å². The second-order valence-electron chi connectivity index (χ2n) is 5.76. The first-order chi connectivity index (χ1) is 12.8. The summed E-state index contributed by atoms with van der Waals surface area (Å²) in [5.74, 6) is -0.391. The number of anilines is 3. The van der Waals surface area contributed by atoms with Crippen LogP contribution in [0, 0.1) is 10.1 Å². The van der Waals surface area contributed by atoms with Crippen molar-refractivity contribution in [3.05, 3.63) is 57.6 Å². The molecule has 0 heterocycles. The SMILES string of the molecule is CC(=O)Nc1ccc(NC(=O)CCCNc2ccc([N+](=O)[O-])cc2)cc1Cl. The maximum Gasteiger partial charge on any atom is 0.269 e.